The molecule has 2 atom stereocenters. The fourth-order valence-corrected chi connectivity index (χ4v) is 3.25. The summed E-state index contributed by atoms with van der Waals surface area (Å²) < 4.78 is 17.8. The zero-order valence-electron chi connectivity index (χ0n) is 12.9. The molecule has 0 fully saturated rings. The average Bonchev–Trinajstić information content (AvgIpc) is 2.54. The third kappa shape index (κ3) is 4.31. The van der Waals surface area contributed by atoms with Gasteiger partial charge >= 0.3 is 0 Å². The summed E-state index contributed by atoms with van der Waals surface area (Å²) in [4.78, 5) is 14.9. The Balaban J connectivity index is 2.06. The van der Waals surface area contributed by atoms with Crippen molar-refractivity contribution in [2.75, 3.05) is 6.61 Å². The van der Waals surface area contributed by atoms with Gasteiger partial charge in [0, 0.05) is 28.8 Å². The predicted octanol–water partition coefficient (Wildman–Crippen LogP) is 3.17. The van der Waals surface area contributed by atoms with Gasteiger partial charge in [-0.3, -0.25) is 9.00 Å². The van der Waals surface area contributed by atoms with Crippen LogP contribution >= 0.6 is 0 Å². The number of hydrogen-bond acceptors (Lipinski definition) is 3. The van der Waals surface area contributed by atoms with E-state index in [-0.39, 0.29) is 10.7 Å². The van der Waals surface area contributed by atoms with Crippen LogP contribution in [0.3, 0.4) is 0 Å². The molecule has 0 saturated heterocycles. The molecule has 2 aromatic rings. The van der Waals surface area contributed by atoms with Gasteiger partial charge in [-0.25, -0.2) is 0 Å². The zero-order chi connectivity index (χ0) is 15.9. The minimum atomic E-state index is -1.10. The lowest BCUT2D eigenvalue weighted by atomic mass is 10.2. The summed E-state index contributed by atoms with van der Waals surface area (Å²) in [5.74, 6) is 0.631. The van der Waals surface area contributed by atoms with Crippen molar-refractivity contribution in [2.45, 2.75) is 31.3 Å². The van der Waals surface area contributed by atoms with E-state index in [4.69, 9.17) is 4.74 Å². The van der Waals surface area contributed by atoms with Crippen LogP contribution in [0.1, 0.15) is 36.8 Å². The normalized spacial score (nSPS) is 13.5. The highest BCUT2D eigenvalue weighted by molar-refractivity contribution is 7.84. The molecule has 22 heavy (non-hydrogen) atoms. The Bertz CT molecular complexity index is 682. The quantitative estimate of drug-likeness (QED) is 0.852. The number of aromatic amines is 1. The minimum absolute atomic E-state index is 0.0827. The first-order valence-electron chi connectivity index (χ1n) is 7.38. The van der Waals surface area contributed by atoms with Crippen LogP contribution in [0.2, 0.25) is 0 Å². The van der Waals surface area contributed by atoms with E-state index < -0.39 is 10.8 Å². The predicted molar refractivity (Wildman–Crippen MR) is 89.6 cm³/mol. The topological polar surface area (TPSA) is 59.2 Å². The Labute approximate surface area is 133 Å². The number of benzene rings is 1. The van der Waals surface area contributed by atoms with Gasteiger partial charge in [0.25, 0.3) is 0 Å². The third-order valence-corrected chi connectivity index (χ3v) is 5.02. The van der Waals surface area contributed by atoms with E-state index >= 15 is 0 Å². The fourth-order valence-electron chi connectivity index (χ4n) is 2.06. The highest BCUT2D eigenvalue weighted by Crippen LogP contribution is 2.21. The van der Waals surface area contributed by atoms with E-state index in [9.17, 15) is 9.00 Å². The van der Waals surface area contributed by atoms with Gasteiger partial charge in [-0.05, 0) is 18.9 Å². The Morgan fingerprint density at radius 2 is 2.00 bits per heavy atom. The van der Waals surface area contributed by atoms with Crippen molar-refractivity contribution in [3.63, 3.8) is 0 Å². The molecule has 0 aliphatic carbocycles. The molecular formula is C17H21NO3S. The van der Waals surface area contributed by atoms with Crippen LogP contribution < -0.4 is 10.2 Å². The number of hydrogen-bond donors (Lipinski definition) is 1. The van der Waals surface area contributed by atoms with Gasteiger partial charge in [-0.2, -0.15) is 0 Å². The largest absolute Gasteiger partial charge is 0.488 e. The summed E-state index contributed by atoms with van der Waals surface area (Å²) in [5, 5.41) is -0.0827. The second kappa shape index (κ2) is 7.94. The summed E-state index contributed by atoms with van der Waals surface area (Å²) in [6.07, 6.45) is 2.40. The summed E-state index contributed by atoms with van der Waals surface area (Å²) in [6, 6.07) is 11.2. The number of nitrogens with one attached hydrogen (secondary N) is 1. The lowest BCUT2D eigenvalue weighted by molar-refractivity contribution is 0.313. The SMILES string of the molecule is CCCOc1c[nH]c(CS(=O)C(C)c2ccccc2)cc1=O. The van der Waals surface area contributed by atoms with Crippen molar-refractivity contribution in [1.29, 1.82) is 0 Å². The lowest BCUT2D eigenvalue weighted by Gasteiger charge is -2.12. The van der Waals surface area contributed by atoms with Crippen LogP contribution in [-0.2, 0) is 16.6 Å². The second-order valence-corrected chi connectivity index (χ2v) is 6.87. The van der Waals surface area contributed by atoms with E-state index in [0.29, 0.717) is 23.8 Å². The smallest absolute Gasteiger partial charge is 0.223 e. The third-order valence-electron chi connectivity index (χ3n) is 3.36. The maximum atomic E-state index is 12.4. The van der Waals surface area contributed by atoms with Crippen molar-refractivity contribution in [3.8, 4) is 5.75 Å². The minimum Gasteiger partial charge on any atom is -0.488 e. The van der Waals surface area contributed by atoms with E-state index in [2.05, 4.69) is 4.98 Å². The highest BCUT2D eigenvalue weighted by atomic mass is 32.2. The molecule has 4 nitrogen and oxygen atoms in total. The molecule has 1 N–H and O–H groups in total. The number of ether oxygens (including phenoxy) is 1. The van der Waals surface area contributed by atoms with Crippen LogP contribution in [0.25, 0.3) is 0 Å². The van der Waals surface area contributed by atoms with E-state index in [1.165, 1.54) is 6.07 Å². The van der Waals surface area contributed by atoms with Gasteiger partial charge in [-0.1, -0.05) is 37.3 Å². The van der Waals surface area contributed by atoms with Gasteiger partial charge < -0.3 is 9.72 Å². The molecule has 0 radical (unpaired) electrons. The van der Waals surface area contributed by atoms with E-state index in [1.54, 1.807) is 6.20 Å². The first-order chi connectivity index (χ1) is 10.6. The first kappa shape index (κ1) is 16.5. The van der Waals surface area contributed by atoms with Crippen LogP contribution in [0.15, 0.2) is 47.4 Å². The average molecular weight is 319 g/mol. The Morgan fingerprint density at radius 1 is 1.27 bits per heavy atom. The van der Waals surface area contributed by atoms with Crippen LogP contribution in [-0.4, -0.2) is 15.8 Å². The highest BCUT2D eigenvalue weighted by Gasteiger charge is 2.14. The van der Waals surface area contributed by atoms with Crippen LogP contribution in [0, 0.1) is 0 Å². The number of H-pyrrole nitrogens is 1. The van der Waals surface area contributed by atoms with Crippen molar-refractivity contribution < 1.29 is 8.95 Å². The molecule has 1 heterocycles. The van der Waals surface area contributed by atoms with Gasteiger partial charge in [-0.15, -0.1) is 0 Å². The molecule has 0 aliphatic rings. The van der Waals surface area contributed by atoms with E-state index in [0.717, 1.165) is 12.0 Å². The summed E-state index contributed by atoms with van der Waals surface area (Å²) >= 11 is 0. The lowest BCUT2D eigenvalue weighted by Crippen LogP contribution is -2.12. The zero-order valence-corrected chi connectivity index (χ0v) is 13.7. The molecule has 0 spiro atoms. The molecule has 0 amide bonds. The number of aromatic nitrogens is 1. The maximum absolute atomic E-state index is 12.4. The number of rotatable bonds is 7. The molecule has 118 valence electrons. The second-order valence-electron chi connectivity index (χ2n) is 5.11. The monoisotopic (exact) mass is 319 g/mol. The molecule has 1 aromatic heterocycles. The molecule has 2 rings (SSSR count). The molecular weight excluding hydrogens is 298 g/mol. The fraction of sp³-hybridized carbons (Fsp3) is 0.353. The van der Waals surface area contributed by atoms with Crippen LogP contribution in [0.5, 0.6) is 5.75 Å². The van der Waals surface area contributed by atoms with Crippen LogP contribution in [0.4, 0.5) is 0 Å². The van der Waals surface area contributed by atoms with Crippen molar-refractivity contribution >= 4 is 10.8 Å². The molecule has 0 bridgehead atoms. The summed E-state index contributed by atoms with van der Waals surface area (Å²) in [6.45, 7) is 4.43. The van der Waals surface area contributed by atoms with Crippen molar-refractivity contribution in [1.82, 2.24) is 4.98 Å². The first-order valence-corrected chi connectivity index (χ1v) is 8.76. The van der Waals surface area contributed by atoms with E-state index in [1.807, 2.05) is 44.2 Å². The van der Waals surface area contributed by atoms with Crippen molar-refractivity contribution in [3.05, 3.63) is 64.1 Å². The Kier molecular flexibility index (Phi) is 5.95. The number of pyridine rings is 1. The molecule has 2 unspecified atom stereocenters. The summed E-state index contributed by atoms with van der Waals surface area (Å²) in [7, 11) is -1.10. The van der Waals surface area contributed by atoms with Gasteiger partial charge in [0.1, 0.15) is 0 Å². The Morgan fingerprint density at radius 3 is 2.64 bits per heavy atom. The Hall–Kier alpha value is -1.88. The van der Waals surface area contributed by atoms with Gasteiger partial charge in [0.15, 0.2) is 5.75 Å². The van der Waals surface area contributed by atoms with Gasteiger partial charge in [0.2, 0.25) is 5.43 Å². The van der Waals surface area contributed by atoms with Crippen molar-refractivity contribution in [2.24, 2.45) is 0 Å². The molecule has 0 aliphatic heterocycles. The molecule has 0 saturated carbocycles. The molecule has 5 heteroatoms. The maximum Gasteiger partial charge on any atom is 0.223 e. The van der Waals surface area contributed by atoms with Gasteiger partial charge in [0.05, 0.1) is 17.6 Å². The standard InChI is InChI=1S/C17H21NO3S/c1-3-9-21-17-11-18-15(10-16(17)19)12-22(20)13(2)14-7-5-4-6-8-14/h4-8,10-11,13H,3,9,12H2,1-2H3,(H,18,19). The molecule has 1 aromatic carbocycles. The summed E-state index contributed by atoms with van der Waals surface area (Å²) in [5.41, 5.74) is 1.52.